The Morgan fingerprint density at radius 1 is 0.957 bits per heavy atom. The first-order chi connectivity index (χ1) is 22.5. The van der Waals surface area contributed by atoms with Crippen LogP contribution in [0, 0.1) is 0 Å². The molecule has 244 valence electrons. The number of hydrogen-bond acceptors (Lipinski definition) is 5. The number of carbonyl (C=O) groups excluding carboxylic acids is 3. The van der Waals surface area contributed by atoms with Crippen molar-refractivity contribution in [1.82, 2.24) is 20.0 Å². The number of hydrogen-bond donors (Lipinski definition) is 2. The lowest BCUT2D eigenvalue weighted by Crippen LogP contribution is -2.53. The van der Waals surface area contributed by atoms with Gasteiger partial charge in [-0.3, -0.25) is 19.3 Å². The van der Waals surface area contributed by atoms with Gasteiger partial charge in [0.1, 0.15) is 11.9 Å². The van der Waals surface area contributed by atoms with E-state index >= 15 is 0 Å². The number of rotatable bonds is 6. The van der Waals surface area contributed by atoms with Gasteiger partial charge in [-0.05, 0) is 62.9 Å². The Morgan fingerprint density at radius 2 is 1.66 bits per heavy atom. The van der Waals surface area contributed by atoms with Crippen LogP contribution in [0.3, 0.4) is 0 Å². The minimum absolute atomic E-state index is 0.0118. The fourth-order valence-electron chi connectivity index (χ4n) is 5.45. The maximum Gasteiger partial charge on any atom is 0.416 e. The zero-order chi connectivity index (χ0) is 33.6. The van der Waals surface area contributed by atoms with E-state index in [1.165, 1.54) is 17.0 Å². The first-order valence-corrected chi connectivity index (χ1v) is 15.2. The first kappa shape index (κ1) is 33.1. The van der Waals surface area contributed by atoms with Crippen LogP contribution in [-0.4, -0.2) is 65.1 Å². The van der Waals surface area contributed by atoms with E-state index in [1.807, 2.05) is 73.8 Å². The molecule has 0 spiro atoms. The average Bonchev–Trinajstić information content (AvgIpc) is 3.49. The molecule has 0 fully saturated rings. The molecule has 1 unspecified atom stereocenters. The van der Waals surface area contributed by atoms with Crippen LogP contribution >= 0.6 is 0 Å². The number of para-hydroxylation sites is 2. The summed E-state index contributed by atoms with van der Waals surface area (Å²) < 4.78 is 40.5. The predicted molar refractivity (Wildman–Crippen MR) is 173 cm³/mol. The van der Waals surface area contributed by atoms with E-state index in [0.717, 1.165) is 54.2 Å². The van der Waals surface area contributed by atoms with Gasteiger partial charge in [-0.2, -0.15) is 18.3 Å². The summed E-state index contributed by atoms with van der Waals surface area (Å²) in [5.41, 5.74) is 2.19. The van der Waals surface area contributed by atoms with Gasteiger partial charge in [-0.15, -0.1) is 0 Å². The molecule has 3 aromatic carbocycles. The molecule has 3 heterocycles. The Kier molecular flexibility index (Phi) is 10.2. The summed E-state index contributed by atoms with van der Waals surface area (Å²) in [5.74, 6) is -0.437. The van der Waals surface area contributed by atoms with Crippen LogP contribution in [0.25, 0.3) is 5.69 Å². The van der Waals surface area contributed by atoms with Gasteiger partial charge in [0.25, 0.3) is 17.7 Å². The molecule has 0 saturated heterocycles. The van der Waals surface area contributed by atoms with Crippen LogP contribution in [0.15, 0.2) is 103 Å². The molecule has 12 heteroatoms. The van der Waals surface area contributed by atoms with Gasteiger partial charge in [0.2, 0.25) is 0 Å². The largest absolute Gasteiger partial charge is 0.416 e. The summed E-state index contributed by atoms with van der Waals surface area (Å²) in [7, 11) is 2.03. The fraction of sp³-hybridized carbons (Fsp3) is 0.257. The van der Waals surface area contributed by atoms with E-state index in [0.29, 0.717) is 12.4 Å². The van der Waals surface area contributed by atoms with Crippen molar-refractivity contribution in [2.75, 3.05) is 36.9 Å². The molecule has 0 radical (unpaired) electrons. The van der Waals surface area contributed by atoms with Crippen LogP contribution in [-0.2, 0) is 22.2 Å². The lowest BCUT2D eigenvalue weighted by atomic mass is 10.0. The summed E-state index contributed by atoms with van der Waals surface area (Å²) >= 11 is 0. The minimum atomic E-state index is -4.56. The summed E-state index contributed by atoms with van der Waals surface area (Å²) in [5, 5.41) is 9.88. The molecule has 0 aliphatic carbocycles. The SMILES string of the molecule is CCN1C(=O)C(NC(=O)c2cccc(C(F)(F)F)c2)Cc2cnn(-c3ccccc3)c21.CN1CCC=C(C(=O)Nc2ccccc2)C1. The number of nitrogens with one attached hydrogen (secondary N) is 2. The highest BCUT2D eigenvalue weighted by Crippen LogP contribution is 2.31. The molecule has 0 saturated carbocycles. The van der Waals surface area contributed by atoms with Crippen LogP contribution in [0.4, 0.5) is 24.7 Å². The highest BCUT2D eigenvalue weighted by atomic mass is 19.4. The molecule has 1 aromatic heterocycles. The van der Waals surface area contributed by atoms with Crippen molar-refractivity contribution in [2.24, 2.45) is 0 Å². The van der Waals surface area contributed by atoms with Gasteiger partial charge < -0.3 is 15.5 Å². The van der Waals surface area contributed by atoms with E-state index in [2.05, 4.69) is 20.6 Å². The van der Waals surface area contributed by atoms with Gasteiger partial charge in [-0.1, -0.05) is 48.5 Å². The summed E-state index contributed by atoms with van der Waals surface area (Å²) in [6.45, 7) is 3.92. The fourth-order valence-corrected chi connectivity index (χ4v) is 5.45. The number of alkyl halides is 3. The van der Waals surface area contributed by atoms with Crippen LogP contribution < -0.4 is 15.5 Å². The molecular formula is C35H35F3N6O3. The number of fused-ring (bicyclic) bond motifs is 1. The standard InChI is InChI=1S/C22H19F3N4O2.C13H16N2O/c1-2-28-20-15(13-26-29(20)17-9-4-3-5-10-17)12-18(21(28)31)27-19(30)14-7-6-8-16(11-14)22(23,24)25;1-15-9-5-6-11(10-15)13(16)14-12-7-3-2-4-8-12/h3-11,13,18H,2,12H2,1H3,(H,27,30);2-4,6-8H,5,9-10H2,1H3,(H,14,16). The summed E-state index contributed by atoms with van der Waals surface area (Å²) in [6, 6.07) is 22.1. The maximum atomic E-state index is 13.1. The number of halogens is 3. The van der Waals surface area contributed by atoms with Crippen molar-refractivity contribution in [1.29, 1.82) is 0 Å². The monoisotopic (exact) mass is 644 g/mol. The lowest BCUT2D eigenvalue weighted by molar-refractivity contribution is -0.137. The van der Waals surface area contributed by atoms with Crippen molar-refractivity contribution >= 4 is 29.2 Å². The average molecular weight is 645 g/mol. The molecular weight excluding hydrogens is 609 g/mol. The van der Waals surface area contributed by atoms with Crippen LogP contribution in [0.2, 0.25) is 0 Å². The van der Waals surface area contributed by atoms with E-state index in [4.69, 9.17) is 0 Å². The molecule has 2 N–H and O–H groups in total. The van der Waals surface area contributed by atoms with Crippen LogP contribution in [0.1, 0.15) is 34.8 Å². The molecule has 6 rings (SSSR count). The van der Waals surface area contributed by atoms with Gasteiger partial charge in [0.15, 0.2) is 0 Å². The second-order valence-electron chi connectivity index (χ2n) is 11.2. The third kappa shape index (κ3) is 7.95. The quantitative estimate of drug-likeness (QED) is 0.290. The Hall–Kier alpha value is -5.23. The third-order valence-electron chi connectivity index (χ3n) is 7.80. The lowest BCUT2D eigenvalue weighted by Gasteiger charge is -2.32. The molecule has 2 aliphatic rings. The van der Waals surface area contributed by atoms with Gasteiger partial charge in [0.05, 0.1) is 17.4 Å². The Morgan fingerprint density at radius 3 is 2.32 bits per heavy atom. The third-order valence-corrected chi connectivity index (χ3v) is 7.80. The van der Waals surface area contributed by atoms with E-state index in [-0.39, 0.29) is 23.8 Å². The first-order valence-electron chi connectivity index (χ1n) is 15.2. The van der Waals surface area contributed by atoms with Crippen molar-refractivity contribution in [2.45, 2.75) is 32.0 Å². The van der Waals surface area contributed by atoms with Gasteiger partial charge in [0, 0.05) is 48.4 Å². The number of anilines is 2. The number of likely N-dealkylation sites (N-methyl/N-ethyl adjacent to an activating group) is 2. The van der Waals surface area contributed by atoms with Gasteiger partial charge >= 0.3 is 6.18 Å². The maximum absolute atomic E-state index is 13.1. The zero-order valence-electron chi connectivity index (χ0n) is 26.0. The van der Waals surface area contributed by atoms with E-state index in [1.54, 1.807) is 17.8 Å². The molecule has 2 aliphatic heterocycles. The van der Waals surface area contributed by atoms with Crippen molar-refractivity contribution in [3.63, 3.8) is 0 Å². The van der Waals surface area contributed by atoms with E-state index in [9.17, 15) is 27.6 Å². The highest BCUT2D eigenvalue weighted by Gasteiger charge is 2.37. The number of nitrogens with zero attached hydrogens (tertiary/aromatic N) is 4. The predicted octanol–water partition coefficient (Wildman–Crippen LogP) is 5.49. The second kappa shape index (κ2) is 14.5. The smallest absolute Gasteiger partial charge is 0.340 e. The Bertz CT molecular complexity index is 1760. The number of amides is 3. The zero-order valence-corrected chi connectivity index (χ0v) is 26.0. The molecule has 1 atom stereocenters. The summed E-state index contributed by atoms with van der Waals surface area (Å²) in [6.07, 6.45) is 0.256. The molecule has 9 nitrogen and oxygen atoms in total. The molecule has 0 bridgehead atoms. The van der Waals surface area contributed by atoms with Crippen molar-refractivity contribution in [3.8, 4) is 5.69 Å². The van der Waals surface area contributed by atoms with Crippen molar-refractivity contribution < 1.29 is 27.6 Å². The Labute approximate surface area is 270 Å². The molecule has 4 aromatic rings. The minimum Gasteiger partial charge on any atom is -0.340 e. The normalized spacial score (nSPS) is 16.4. The summed E-state index contributed by atoms with van der Waals surface area (Å²) in [4.78, 5) is 41.3. The van der Waals surface area contributed by atoms with Crippen LogP contribution in [0.5, 0.6) is 0 Å². The molecule has 47 heavy (non-hydrogen) atoms. The number of carbonyl (C=O) groups is 3. The molecule has 3 amide bonds. The number of benzene rings is 3. The number of aromatic nitrogens is 2. The highest BCUT2D eigenvalue weighted by molar-refractivity contribution is 6.04. The Balaban J connectivity index is 0.000000227. The topological polar surface area (TPSA) is 99.6 Å². The van der Waals surface area contributed by atoms with Crippen molar-refractivity contribution in [3.05, 3.63) is 119 Å². The second-order valence-corrected chi connectivity index (χ2v) is 11.2. The van der Waals surface area contributed by atoms with E-state index < -0.39 is 23.7 Å². The van der Waals surface area contributed by atoms with Gasteiger partial charge in [-0.25, -0.2) is 4.68 Å².